The van der Waals surface area contributed by atoms with E-state index < -0.39 is 6.04 Å². The van der Waals surface area contributed by atoms with Crippen LogP contribution in [-0.4, -0.2) is 27.3 Å². The van der Waals surface area contributed by atoms with Gasteiger partial charge in [-0.2, -0.15) is 4.98 Å². The van der Waals surface area contributed by atoms with E-state index in [4.69, 9.17) is 26.2 Å². The van der Waals surface area contributed by atoms with Crippen LogP contribution in [0.1, 0.15) is 36.6 Å². The maximum Gasteiger partial charge on any atom is 0.255 e. The molecule has 8 nitrogen and oxygen atoms in total. The highest BCUT2D eigenvalue weighted by atomic mass is 35.5. The Morgan fingerprint density at radius 1 is 0.978 bits per heavy atom. The van der Waals surface area contributed by atoms with Gasteiger partial charge in [-0.3, -0.25) is 4.79 Å². The average molecular weight is 656 g/mol. The maximum absolute atomic E-state index is 14.3. The van der Waals surface area contributed by atoms with E-state index in [9.17, 15) is 9.18 Å². The summed E-state index contributed by atoms with van der Waals surface area (Å²) in [6.45, 7) is 4.50. The third-order valence-electron chi connectivity index (χ3n) is 7.38. The number of nitrogens with zero attached hydrogens (tertiary/aromatic N) is 3. The number of nitrogens with one attached hydrogen (secondary N) is 2. The Balaban J connectivity index is 1.31. The first kappa shape index (κ1) is 31.2. The lowest BCUT2D eigenvalue weighted by molar-refractivity contribution is -0.113. The number of halogens is 2. The molecule has 0 saturated carbocycles. The fourth-order valence-corrected chi connectivity index (χ4v) is 6.12. The van der Waals surface area contributed by atoms with Gasteiger partial charge in [-0.05, 0) is 61.4 Å². The van der Waals surface area contributed by atoms with Crippen LogP contribution in [0.2, 0.25) is 5.02 Å². The third-order valence-corrected chi connectivity index (χ3v) is 8.63. The van der Waals surface area contributed by atoms with E-state index in [1.165, 1.54) is 17.8 Å². The quantitative estimate of drug-likeness (QED) is 0.138. The minimum absolute atomic E-state index is 0.282. The maximum atomic E-state index is 14.3. The molecule has 6 rings (SSSR count). The smallest absolute Gasteiger partial charge is 0.255 e. The summed E-state index contributed by atoms with van der Waals surface area (Å²) in [5.74, 6) is 1.45. The molecular formula is C35H31ClFN5O3S. The van der Waals surface area contributed by atoms with E-state index in [1.54, 1.807) is 28.9 Å². The normalized spacial score (nSPS) is 14.0. The Morgan fingerprint density at radius 2 is 1.70 bits per heavy atom. The number of amides is 1. The minimum atomic E-state index is -0.622. The van der Waals surface area contributed by atoms with Crippen LogP contribution in [0.5, 0.6) is 11.5 Å². The lowest BCUT2D eigenvalue weighted by Crippen LogP contribution is -2.31. The Kier molecular flexibility index (Phi) is 9.56. The van der Waals surface area contributed by atoms with Gasteiger partial charge >= 0.3 is 0 Å². The molecular weight excluding hydrogens is 625 g/mol. The van der Waals surface area contributed by atoms with Crippen molar-refractivity contribution in [2.24, 2.45) is 0 Å². The zero-order valence-corrected chi connectivity index (χ0v) is 26.7. The number of carbonyl (C=O) groups excluding carboxylic acids is 1. The lowest BCUT2D eigenvalue weighted by atomic mass is 9.95. The van der Waals surface area contributed by atoms with E-state index in [0.717, 1.165) is 11.1 Å². The molecule has 2 N–H and O–H groups in total. The average Bonchev–Trinajstić information content (AvgIpc) is 3.47. The summed E-state index contributed by atoms with van der Waals surface area (Å²) >= 11 is 7.62. The summed E-state index contributed by atoms with van der Waals surface area (Å²) < 4.78 is 27.8. The predicted octanol–water partition coefficient (Wildman–Crippen LogP) is 8.27. The molecule has 0 saturated heterocycles. The largest absolute Gasteiger partial charge is 0.492 e. The second-order valence-electron chi connectivity index (χ2n) is 10.4. The number of para-hydroxylation sites is 2. The lowest BCUT2D eigenvalue weighted by Gasteiger charge is -2.29. The molecule has 0 radical (unpaired) electrons. The highest BCUT2D eigenvalue weighted by Gasteiger charge is 2.35. The minimum Gasteiger partial charge on any atom is -0.492 e. The van der Waals surface area contributed by atoms with Crippen molar-refractivity contribution < 1.29 is 18.7 Å². The highest BCUT2D eigenvalue weighted by molar-refractivity contribution is 7.98. The molecule has 0 fully saturated rings. The molecule has 1 aliphatic rings. The van der Waals surface area contributed by atoms with Crippen LogP contribution >= 0.6 is 23.4 Å². The second kappa shape index (κ2) is 14.1. The first-order chi connectivity index (χ1) is 22.4. The predicted molar refractivity (Wildman–Crippen MR) is 179 cm³/mol. The number of hydrogen-bond donors (Lipinski definition) is 2. The van der Waals surface area contributed by atoms with Crippen molar-refractivity contribution in [1.82, 2.24) is 14.8 Å². The van der Waals surface area contributed by atoms with E-state index >= 15 is 0 Å². The van der Waals surface area contributed by atoms with Gasteiger partial charge in [-0.15, -0.1) is 5.10 Å². The second-order valence-corrected chi connectivity index (χ2v) is 11.8. The zero-order chi connectivity index (χ0) is 32.0. The molecule has 1 amide bonds. The topological polar surface area (TPSA) is 90.3 Å². The van der Waals surface area contributed by atoms with Crippen molar-refractivity contribution >= 4 is 40.9 Å². The zero-order valence-electron chi connectivity index (χ0n) is 25.2. The molecule has 234 valence electrons. The van der Waals surface area contributed by atoms with Crippen LogP contribution in [0.4, 0.5) is 16.0 Å². The molecule has 1 unspecified atom stereocenters. The van der Waals surface area contributed by atoms with E-state index in [-0.39, 0.29) is 11.7 Å². The Morgan fingerprint density at radius 3 is 2.46 bits per heavy atom. The molecule has 11 heteroatoms. The summed E-state index contributed by atoms with van der Waals surface area (Å²) in [6, 6.07) is 28.4. The van der Waals surface area contributed by atoms with Gasteiger partial charge < -0.3 is 20.1 Å². The summed E-state index contributed by atoms with van der Waals surface area (Å²) in [5.41, 5.74) is 3.87. The van der Waals surface area contributed by atoms with E-state index in [1.807, 2.05) is 80.6 Å². The molecule has 1 aromatic heterocycles. The molecule has 5 aromatic rings. The molecule has 0 spiro atoms. The molecule has 0 aliphatic carbocycles. The van der Waals surface area contributed by atoms with Gasteiger partial charge in [0.15, 0.2) is 0 Å². The SMILES string of the molecule is CCOc1ccccc1NC(=O)C1=C(C)Nc2nc(SCc3ccccc3F)nn2C1c1ccc(OCc2ccccc2Cl)cc1. The fraction of sp³-hybridized carbons (Fsp3) is 0.171. The molecule has 2 heterocycles. The van der Waals surface area contributed by atoms with Gasteiger partial charge in [0.2, 0.25) is 11.1 Å². The molecule has 0 bridgehead atoms. The van der Waals surface area contributed by atoms with E-state index in [0.29, 0.717) is 69.1 Å². The van der Waals surface area contributed by atoms with Crippen molar-refractivity contribution in [2.75, 3.05) is 17.2 Å². The summed E-state index contributed by atoms with van der Waals surface area (Å²) in [7, 11) is 0. The number of hydrogen-bond acceptors (Lipinski definition) is 7. The molecule has 1 aliphatic heterocycles. The monoisotopic (exact) mass is 655 g/mol. The molecule has 46 heavy (non-hydrogen) atoms. The van der Waals surface area contributed by atoms with Crippen LogP contribution in [0.25, 0.3) is 0 Å². The fourth-order valence-electron chi connectivity index (χ4n) is 5.12. The number of benzene rings is 4. The number of anilines is 2. The van der Waals surface area contributed by atoms with Crippen molar-refractivity contribution in [3.63, 3.8) is 0 Å². The van der Waals surface area contributed by atoms with Gasteiger partial charge in [0.1, 0.15) is 30.0 Å². The van der Waals surface area contributed by atoms with Crippen LogP contribution in [0.15, 0.2) is 113 Å². The van der Waals surface area contributed by atoms with Crippen LogP contribution in [-0.2, 0) is 17.2 Å². The first-order valence-electron chi connectivity index (χ1n) is 14.7. The number of thioether (sulfide) groups is 1. The van der Waals surface area contributed by atoms with Gasteiger partial charge in [-0.1, -0.05) is 84.0 Å². The highest BCUT2D eigenvalue weighted by Crippen LogP contribution is 2.38. The summed E-state index contributed by atoms with van der Waals surface area (Å²) in [5, 5.41) is 12.2. The number of fused-ring (bicyclic) bond motifs is 1. The number of ether oxygens (including phenoxy) is 2. The van der Waals surface area contributed by atoms with Crippen LogP contribution < -0.4 is 20.1 Å². The number of allylic oxidation sites excluding steroid dienone is 1. The Bertz CT molecular complexity index is 1900. The summed E-state index contributed by atoms with van der Waals surface area (Å²) in [6.07, 6.45) is 0. The number of aromatic nitrogens is 3. The Hall–Kier alpha value is -4.80. The van der Waals surface area contributed by atoms with Gasteiger partial charge in [-0.25, -0.2) is 9.07 Å². The van der Waals surface area contributed by atoms with Crippen molar-refractivity contribution in [3.8, 4) is 11.5 Å². The third kappa shape index (κ3) is 6.88. The van der Waals surface area contributed by atoms with Crippen molar-refractivity contribution in [1.29, 1.82) is 0 Å². The first-order valence-corrected chi connectivity index (χ1v) is 16.1. The van der Waals surface area contributed by atoms with Gasteiger partial charge in [0.05, 0.1) is 17.9 Å². The standard InChI is InChI=1S/C35H31ClFN5O3S/c1-3-44-30-15-9-8-14-29(30)39-33(43)31-22(2)38-34-40-35(46-21-25-11-5-7-13-28(25)37)41-42(34)32(31)23-16-18-26(19-17-23)45-20-24-10-4-6-12-27(24)36/h4-19,32H,3,20-21H2,1-2H3,(H,39,43)(H,38,40,41). The number of carbonyl (C=O) groups is 1. The van der Waals surface area contributed by atoms with Crippen LogP contribution in [0.3, 0.4) is 0 Å². The van der Waals surface area contributed by atoms with Crippen LogP contribution in [0, 0.1) is 5.82 Å². The van der Waals surface area contributed by atoms with Gasteiger partial charge in [0.25, 0.3) is 5.91 Å². The molecule has 1 atom stereocenters. The Labute approximate surface area is 275 Å². The van der Waals surface area contributed by atoms with Gasteiger partial charge in [0, 0.05) is 22.0 Å². The summed E-state index contributed by atoms with van der Waals surface area (Å²) in [4.78, 5) is 18.7. The molecule has 4 aromatic carbocycles. The van der Waals surface area contributed by atoms with Crippen molar-refractivity contribution in [3.05, 3.63) is 136 Å². The van der Waals surface area contributed by atoms with E-state index in [2.05, 4.69) is 15.6 Å². The van der Waals surface area contributed by atoms with Crippen molar-refractivity contribution in [2.45, 2.75) is 37.4 Å². The number of rotatable bonds is 11.